The Morgan fingerprint density at radius 3 is 2.44 bits per heavy atom. The number of hydrogen-bond acceptors (Lipinski definition) is 6. The van der Waals surface area contributed by atoms with Crippen LogP contribution in [0.1, 0.15) is 42.4 Å². The molecule has 0 amide bonds. The maximum Gasteiger partial charge on any atom is 0.197 e. The van der Waals surface area contributed by atoms with Gasteiger partial charge in [-0.1, -0.05) is 29.8 Å². The molecule has 0 bridgehead atoms. The fraction of sp³-hybridized carbons (Fsp3) is 0.556. The molecule has 2 N–H and O–H groups in total. The Kier molecular flexibility index (Phi) is 6.90. The summed E-state index contributed by atoms with van der Waals surface area (Å²) in [6.45, 7) is 0.139. The van der Waals surface area contributed by atoms with Crippen LogP contribution in [0.2, 0.25) is 5.02 Å². The lowest BCUT2D eigenvalue weighted by atomic mass is 9.89. The number of ether oxygens (including phenoxy) is 4. The summed E-state index contributed by atoms with van der Waals surface area (Å²) in [6.07, 6.45) is 2.08. The van der Waals surface area contributed by atoms with E-state index < -0.39 is 24.1 Å². The van der Waals surface area contributed by atoms with E-state index in [1.165, 1.54) is 33.5 Å². The van der Waals surface area contributed by atoms with Crippen molar-refractivity contribution < 1.29 is 29.2 Å². The first kappa shape index (κ1) is 24.0. The average molecular weight is 489 g/mol. The number of aliphatic hydroxyl groups is 2. The molecule has 34 heavy (non-hydrogen) atoms. The number of aliphatic hydroxyl groups excluding tert-OH is 2. The highest BCUT2D eigenvalue weighted by Crippen LogP contribution is 2.52. The molecular weight excluding hydrogens is 456 g/mol. The number of benzene rings is 2. The van der Waals surface area contributed by atoms with Crippen LogP contribution < -0.4 is 4.74 Å². The lowest BCUT2D eigenvalue weighted by Gasteiger charge is -2.44. The molecule has 4 unspecified atom stereocenters. The molecule has 5 rings (SSSR count). The van der Waals surface area contributed by atoms with Crippen molar-refractivity contribution in [3.05, 3.63) is 64.2 Å². The van der Waals surface area contributed by atoms with Gasteiger partial charge in [0.05, 0.1) is 18.8 Å². The van der Waals surface area contributed by atoms with Crippen molar-refractivity contribution in [2.75, 3.05) is 20.8 Å². The fourth-order valence-electron chi connectivity index (χ4n) is 5.54. The Balaban J connectivity index is 1.32. The summed E-state index contributed by atoms with van der Waals surface area (Å²) >= 11 is 6.55. The second-order valence-electron chi connectivity index (χ2n) is 9.92. The van der Waals surface area contributed by atoms with Gasteiger partial charge in [0, 0.05) is 31.2 Å². The average Bonchev–Trinajstić information content (AvgIpc) is 3.45. The van der Waals surface area contributed by atoms with Crippen LogP contribution in [0.15, 0.2) is 42.5 Å². The zero-order valence-electron chi connectivity index (χ0n) is 19.7. The van der Waals surface area contributed by atoms with Crippen LogP contribution in [0.3, 0.4) is 0 Å². The third kappa shape index (κ3) is 4.85. The van der Waals surface area contributed by atoms with Gasteiger partial charge in [-0.2, -0.15) is 0 Å². The minimum absolute atomic E-state index is 0.0981. The smallest absolute Gasteiger partial charge is 0.197 e. The topological polar surface area (TPSA) is 77.4 Å². The van der Waals surface area contributed by atoms with Gasteiger partial charge in [0.25, 0.3) is 0 Å². The van der Waals surface area contributed by atoms with Crippen LogP contribution in [-0.2, 0) is 26.4 Å². The Morgan fingerprint density at radius 1 is 1.03 bits per heavy atom. The molecule has 0 radical (unpaired) electrons. The van der Waals surface area contributed by atoms with Crippen LogP contribution >= 0.6 is 11.6 Å². The van der Waals surface area contributed by atoms with Gasteiger partial charge in [-0.25, -0.2) is 0 Å². The number of hydrogen-bond donors (Lipinski definition) is 2. The molecule has 2 aromatic rings. The minimum atomic E-state index is -1.21. The summed E-state index contributed by atoms with van der Waals surface area (Å²) in [6, 6.07) is 13.8. The second-order valence-corrected chi connectivity index (χ2v) is 10.3. The van der Waals surface area contributed by atoms with Crippen LogP contribution in [0.25, 0.3) is 0 Å². The van der Waals surface area contributed by atoms with E-state index in [4.69, 9.17) is 30.5 Å². The maximum absolute atomic E-state index is 10.5. The summed E-state index contributed by atoms with van der Waals surface area (Å²) < 4.78 is 23.3. The zero-order chi connectivity index (χ0) is 23.9. The molecule has 2 saturated carbocycles. The van der Waals surface area contributed by atoms with Gasteiger partial charge >= 0.3 is 0 Å². The van der Waals surface area contributed by atoms with Crippen LogP contribution in [-0.4, -0.2) is 55.5 Å². The van der Waals surface area contributed by atoms with Crippen molar-refractivity contribution in [2.45, 2.75) is 62.3 Å². The van der Waals surface area contributed by atoms with Crippen LogP contribution in [0.5, 0.6) is 5.75 Å². The van der Waals surface area contributed by atoms with Gasteiger partial charge in [-0.3, -0.25) is 0 Å². The number of methoxy groups -OCH3 is 2. The number of rotatable bonds is 8. The largest absolute Gasteiger partial charge is 0.490 e. The third-order valence-corrected chi connectivity index (χ3v) is 7.93. The lowest BCUT2D eigenvalue weighted by molar-refractivity contribution is -0.324. The monoisotopic (exact) mass is 488 g/mol. The Labute approximate surface area is 205 Å². The predicted octanol–water partition coefficient (Wildman–Crippen LogP) is 4.06. The van der Waals surface area contributed by atoms with E-state index in [0.717, 1.165) is 34.3 Å². The molecule has 6 nitrogen and oxygen atoms in total. The molecule has 1 aliphatic heterocycles. The third-order valence-electron chi connectivity index (χ3n) is 7.56. The van der Waals surface area contributed by atoms with Crippen molar-refractivity contribution in [1.82, 2.24) is 0 Å². The first-order valence-electron chi connectivity index (χ1n) is 12.0. The second kappa shape index (κ2) is 9.76. The molecule has 184 valence electrons. The predicted molar refractivity (Wildman–Crippen MR) is 128 cm³/mol. The summed E-state index contributed by atoms with van der Waals surface area (Å²) in [5, 5.41) is 21.5. The summed E-state index contributed by atoms with van der Waals surface area (Å²) in [5.74, 6) is 1.51. The van der Waals surface area contributed by atoms with Crippen molar-refractivity contribution in [1.29, 1.82) is 0 Å². The van der Waals surface area contributed by atoms with Crippen LogP contribution in [0, 0.1) is 11.8 Å². The van der Waals surface area contributed by atoms with Gasteiger partial charge in [0.2, 0.25) is 0 Å². The van der Waals surface area contributed by atoms with E-state index in [1.807, 2.05) is 30.3 Å². The van der Waals surface area contributed by atoms with Crippen molar-refractivity contribution in [3.63, 3.8) is 0 Å². The highest BCUT2D eigenvalue weighted by Gasteiger charge is 2.48. The molecule has 7 heteroatoms. The van der Waals surface area contributed by atoms with Crippen LogP contribution in [0.4, 0.5) is 0 Å². The summed E-state index contributed by atoms with van der Waals surface area (Å²) in [7, 11) is 3.06. The Bertz CT molecular complexity index is 987. The van der Waals surface area contributed by atoms with E-state index in [-0.39, 0.29) is 13.0 Å². The van der Waals surface area contributed by atoms with Gasteiger partial charge < -0.3 is 29.2 Å². The Hall–Kier alpha value is -1.67. The fourth-order valence-corrected chi connectivity index (χ4v) is 5.72. The molecule has 1 heterocycles. The van der Waals surface area contributed by atoms with Crippen molar-refractivity contribution >= 4 is 11.6 Å². The molecule has 0 aromatic heterocycles. The minimum Gasteiger partial charge on any atom is -0.490 e. The van der Waals surface area contributed by atoms with Crippen molar-refractivity contribution in [3.8, 4) is 5.75 Å². The molecule has 2 aromatic carbocycles. The zero-order valence-corrected chi connectivity index (χ0v) is 20.4. The molecule has 6 atom stereocenters. The SMILES string of the molecule is COC[C@H]1OC(OC)(c2ccc(Cl)c(Cc3ccc(OC4CC5CC5C4)cc3)c2)CC(O)[C@@H]1O. The Morgan fingerprint density at radius 2 is 1.76 bits per heavy atom. The normalized spacial score (nSPS) is 34.6. The van der Waals surface area contributed by atoms with E-state index in [2.05, 4.69) is 12.1 Å². The lowest BCUT2D eigenvalue weighted by Crippen LogP contribution is -2.55. The summed E-state index contributed by atoms with van der Waals surface area (Å²) in [5.41, 5.74) is 2.78. The van der Waals surface area contributed by atoms with Gasteiger partial charge in [-0.05, 0) is 72.9 Å². The highest BCUT2D eigenvalue weighted by atomic mass is 35.5. The first-order valence-corrected chi connectivity index (χ1v) is 12.4. The molecule has 1 saturated heterocycles. The molecule has 3 fully saturated rings. The van der Waals surface area contributed by atoms with Gasteiger partial charge in [-0.15, -0.1) is 0 Å². The first-order chi connectivity index (χ1) is 16.4. The van der Waals surface area contributed by atoms with Gasteiger partial charge in [0.1, 0.15) is 18.0 Å². The molecular formula is C27H33ClO6. The van der Waals surface area contributed by atoms with Gasteiger partial charge in [0.15, 0.2) is 5.79 Å². The standard InChI is InChI=1S/C27H33ClO6/c1-31-15-25-26(30)24(29)14-27(32-2,34-25)20-5-8-23(28)19(11-20)9-16-3-6-21(7-4-16)33-22-12-17-10-18(17)13-22/h3-8,11,17-18,22,24-26,29-30H,9-10,12-15H2,1-2H3/t17?,18?,22?,24?,25-,26+,27?/m1/s1. The molecule has 3 aliphatic rings. The molecule has 2 aliphatic carbocycles. The quantitative estimate of drug-likeness (QED) is 0.583. The van der Waals surface area contributed by atoms with E-state index in [1.54, 1.807) is 0 Å². The van der Waals surface area contributed by atoms with E-state index in [9.17, 15) is 10.2 Å². The van der Waals surface area contributed by atoms with E-state index >= 15 is 0 Å². The van der Waals surface area contributed by atoms with Crippen molar-refractivity contribution in [2.24, 2.45) is 11.8 Å². The highest BCUT2D eigenvalue weighted by molar-refractivity contribution is 6.31. The maximum atomic E-state index is 10.5. The number of halogens is 1. The molecule has 0 spiro atoms. The summed E-state index contributed by atoms with van der Waals surface area (Å²) in [4.78, 5) is 0. The number of fused-ring (bicyclic) bond motifs is 1. The van der Waals surface area contributed by atoms with E-state index in [0.29, 0.717) is 17.5 Å².